The van der Waals surface area contributed by atoms with Crippen LogP contribution >= 0.6 is 0 Å². The molecule has 5 heteroatoms. The van der Waals surface area contributed by atoms with E-state index in [1.54, 1.807) is 6.07 Å². The van der Waals surface area contributed by atoms with Crippen LogP contribution in [-0.2, 0) is 0 Å². The van der Waals surface area contributed by atoms with E-state index in [4.69, 9.17) is 0 Å². The number of hydrogen-bond donors (Lipinski definition) is 2. The lowest BCUT2D eigenvalue weighted by Gasteiger charge is -2.38. The highest BCUT2D eigenvalue weighted by Crippen LogP contribution is 2.14. The highest BCUT2D eigenvalue weighted by atomic mass is 16.1. The van der Waals surface area contributed by atoms with Crippen LogP contribution in [0.3, 0.4) is 0 Å². The number of aromatic nitrogens is 2. The van der Waals surface area contributed by atoms with Crippen molar-refractivity contribution in [2.24, 2.45) is 0 Å². The van der Waals surface area contributed by atoms with Gasteiger partial charge in [0.15, 0.2) is 0 Å². The number of piperazine rings is 1. The molecule has 1 fully saturated rings. The van der Waals surface area contributed by atoms with Gasteiger partial charge >= 0.3 is 0 Å². The first-order valence-electron chi connectivity index (χ1n) is 5.21. The largest absolute Gasteiger partial charge is 0.351 e. The van der Waals surface area contributed by atoms with E-state index in [-0.39, 0.29) is 5.56 Å². The fraction of sp³-hybridized carbons (Fsp3) is 0.600. The first-order valence-corrected chi connectivity index (χ1v) is 5.21. The molecule has 2 N–H and O–H groups in total. The summed E-state index contributed by atoms with van der Waals surface area (Å²) in [4.78, 5) is 20.1. The average Bonchev–Trinajstić information content (AvgIpc) is 2.22. The molecule has 0 bridgehead atoms. The van der Waals surface area contributed by atoms with Gasteiger partial charge in [-0.2, -0.15) is 0 Å². The zero-order valence-electron chi connectivity index (χ0n) is 9.03. The van der Waals surface area contributed by atoms with E-state index in [9.17, 15) is 4.79 Å². The Morgan fingerprint density at radius 2 is 2.33 bits per heavy atom. The van der Waals surface area contributed by atoms with E-state index < -0.39 is 0 Å². The second-order valence-corrected chi connectivity index (χ2v) is 4.08. The predicted octanol–water partition coefficient (Wildman–Crippen LogP) is -0.0435. The Balaban J connectivity index is 2.25. The molecule has 1 aromatic rings. The van der Waals surface area contributed by atoms with Gasteiger partial charge in [-0.15, -0.1) is 0 Å². The zero-order valence-corrected chi connectivity index (χ0v) is 9.03. The minimum absolute atomic E-state index is 0.0987. The molecule has 1 aliphatic rings. The van der Waals surface area contributed by atoms with Crippen LogP contribution in [0.5, 0.6) is 0 Å². The van der Waals surface area contributed by atoms with Gasteiger partial charge in [-0.1, -0.05) is 0 Å². The Morgan fingerprint density at radius 1 is 1.53 bits per heavy atom. The molecule has 0 aliphatic carbocycles. The van der Waals surface area contributed by atoms with Gasteiger partial charge in [-0.05, 0) is 13.8 Å². The summed E-state index contributed by atoms with van der Waals surface area (Å²) in [6.45, 7) is 6.07. The molecular formula is C10H16N4O. The molecule has 0 radical (unpaired) electrons. The lowest BCUT2D eigenvalue weighted by Crippen LogP contribution is -2.54. The van der Waals surface area contributed by atoms with Gasteiger partial charge in [-0.3, -0.25) is 4.79 Å². The summed E-state index contributed by atoms with van der Waals surface area (Å²) in [5.74, 6) is 0.764. The van der Waals surface area contributed by atoms with Crippen molar-refractivity contribution in [3.8, 4) is 0 Å². The maximum atomic E-state index is 11.2. The Bertz CT molecular complexity index is 389. The smallest absolute Gasteiger partial charge is 0.252 e. The molecule has 1 saturated heterocycles. The number of rotatable bonds is 1. The Hall–Kier alpha value is -1.36. The fourth-order valence-electron chi connectivity index (χ4n) is 1.86. The Labute approximate surface area is 88.5 Å². The Kier molecular flexibility index (Phi) is 2.73. The van der Waals surface area contributed by atoms with E-state index in [1.807, 2.05) is 0 Å². The maximum Gasteiger partial charge on any atom is 0.252 e. The summed E-state index contributed by atoms with van der Waals surface area (Å²) in [5.41, 5.74) is -0.0987. The average molecular weight is 208 g/mol. The van der Waals surface area contributed by atoms with Crippen molar-refractivity contribution in [3.63, 3.8) is 0 Å². The third-order valence-corrected chi connectivity index (χ3v) is 2.72. The van der Waals surface area contributed by atoms with E-state index in [0.29, 0.717) is 12.1 Å². The standard InChI is InChI=1S/C10H16N4O/c1-7-5-14(8(2)4-11-7)9-3-10(15)13-6-12-9/h3,6-8,11H,4-5H2,1-2H3,(H,12,13,15). The molecule has 2 atom stereocenters. The molecular weight excluding hydrogens is 192 g/mol. The summed E-state index contributed by atoms with van der Waals surface area (Å²) in [7, 11) is 0. The molecule has 2 rings (SSSR count). The second kappa shape index (κ2) is 4.02. The maximum absolute atomic E-state index is 11.2. The third kappa shape index (κ3) is 2.18. The second-order valence-electron chi connectivity index (χ2n) is 4.08. The molecule has 15 heavy (non-hydrogen) atoms. The van der Waals surface area contributed by atoms with E-state index in [0.717, 1.165) is 18.9 Å². The topological polar surface area (TPSA) is 61.0 Å². The molecule has 2 heterocycles. The number of hydrogen-bond acceptors (Lipinski definition) is 4. The van der Waals surface area contributed by atoms with Crippen LogP contribution in [0.1, 0.15) is 13.8 Å². The van der Waals surface area contributed by atoms with Crippen molar-refractivity contribution < 1.29 is 0 Å². The number of aromatic amines is 1. The van der Waals surface area contributed by atoms with Crippen molar-refractivity contribution in [2.75, 3.05) is 18.0 Å². The first-order chi connectivity index (χ1) is 7.16. The summed E-state index contributed by atoms with van der Waals surface area (Å²) in [6.07, 6.45) is 1.46. The monoisotopic (exact) mass is 208 g/mol. The van der Waals surface area contributed by atoms with E-state index in [2.05, 4.69) is 34.0 Å². The van der Waals surface area contributed by atoms with Gasteiger partial charge in [-0.25, -0.2) is 4.98 Å². The Morgan fingerprint density at radius 3 is 3.07 bits per heavy atom. The van der Waals surface area contributed by atoms with Gasteiger partial charge in [0.2, 0.25) is 0 Å². The summed E-state index contributed by atoms with van der Waals surface area (Å²) in [6, 6.07) is 2.35. The van der Waals surface area contributed by atoms with Gasteiger partial charge in [0, 0.05) is 31.2 Å². The molecule has 5 nitrogen and oxygen atoms in total. The third-order valence-electron chi connectivity index (χ3n) is 2.72. The van der Waals surface area contributed by atoms with Gasteiger partial charge in [0.05, 0.1) is 6.33 Å². The highest BCUT2D eigenvalue weighted by molar-refractivity contribution is 5.39. The van der Waals surface area contributed by atoms with Crippen LogP contribution in [0.2, 0.25) is 0 Å². The molecule has 0 spiro atoms. The lowest BCUT2D eigenvalue weighted by atomic mass is 10.1. The SMILES string of the molecule is CC1CN(c2cc(=O)[nH]cn2)C(C)CN1. The molecule has 0 aromatic carbocycles. The van der Waals surface area contributed by atoms with Gasteiger partial charge in [0.1, 0.15) is 5.82 Å². The highest BCUT2D eigenvalue weighted by Gasteiger charge is 2.23. The minimum Gasteiger partial charge on any atom is -0.351 e. The van der Waals surface area contributed by atoms with Crippen LogP contribution < -0.4 is 15.8 Å². The van der Waals surface area contributed by atoms with Crippen molar-refractivity contribution >= 4 is 5.82 Å². The minimum atomic E-state index is -0.0987. The van der Waals surface area contributed by atoms with E-state index in [1.165, 1.54) is 6.33 Å². The summed E-state index contributed by atoms with van der Waals surface area (Å²) in [5, 5.41) is 3.39. The molecule has 0 amide bonds. The van der Waals surface area contributed by atoms with Crippen LogP contribution in [0.25, 0.3) is 0 Å². The van der Waals surface area contributed by atoms with Crippen molar-refractivity contribution in [3.05, 3.63) is 22.7 Å². The van der Waals surface area contributed by atoms with Gasteiger partial charge in [0.25, 0.3) is 5.56 Å². The predicted molar refractivity (Wildman–Crippen MR) is 59.1 cm³/mol. The normalized spacial score (nSPS) is 26.7. The fourth-order valence-corrected chi connectivity index (χ4v) is 1.86. The van der Waals surface area contributed by atoms with Crippen molar-refractivity contribution in [1.82, 2.24) is 15.3 Å². The van der Waals surface area contributed by atoms with Gasteiger partial charge < -0.3 is 15.2 Å². The van der Waals surface area contributed by atoms with Crippen LogP contribution in [0.15, 0.2) is 17.2 Å². The van der Waals surface area contributed by atoms with Crippen LogP contribution in [-0.4, -0.2) is 35.1 Å². The quantitative estimate of drug-likeness (QED) is 0.679. The zero-order chi connectivity index (χ0) is 10.8. The first kappa shape index (κ1) is 10.2. The van der Waals surface area contributed by atoms with Crippen molar-refractivity contribution in [1.29, 1.82) is 0 Å². The van der Waals surface area contributed by atoms with Crippen molar-refractivity contribution in [2.45, 2.75) is 25.9 Å². The van der Waals surface area contributed by atoms with Crippen LogP contribution in [0.4, 0.5) is 5.82 Å². The summed E-state index contributed by atoms with van der Waals surface area (Å²) >= 11 is 0. The molecule has 1 aliphatic heterocycles. The lowest BCUT2D eigenvalue weighted by molar-refractivity contribution is 0.422. The molecule has 82 valence electrons. The molecule has 1 aromatic heterocycles. The molecule has 0 saturated carbocycles. The number of H-pyrrole nitrogens is 1. The number of anilines is 1. The van der Waals surface area contributed by atoms with E-state index >= 15 is 0 Å². The summed E-state index contributed by atoms with van der Waals surface area (Å²) < 4.78 is 0. The van der Waals surface area contributed by atoms with Crippen LogP contribution in [0, 0.1) is 0 Å². The number of nitrogens with zero attached hydrogens (tertiary/aromatic N) is 2. The number of nitrogens with one attached hydrogen (secondary N) is 2. The molecule has 2 unspecified atom stereocenters.